The molecule has 1 unspecified atom stereocenters. The number of nitrogens with one attached hydrogen (secondary N) is 1. The summed E-state index contributed by atoms with van der Waals surface area (Å²) in [6.45, 7) is 1.52. The third-order valence-corrected chi connectivity index (χ3v) is 7.41. The normalized spacial score (nSPS) is 11.8. The first-order valence-electron chi connectivity index (χ1n) is 12.4. The van der Waals surface area contributed by atoms with Gasteiger partial charge in [0.05, 0.1) is 26.2 Å². The van der Waals surface area contributed by atoms with Gasteiger partial charge < -0.3 is 19.7 Å². The van der Waals surface area contributed by atoms with Crippen LogP contribution in [0.5, 0.6) is 11.5 Å². The summed E-state index contributed by atoms with van der Waals surface area (Å²) >= 11 is 0. The fraction of sp³-hybridized carbons (Fsp3) is 0.310. The van der Waals surface area contributed by atoms with Crippen molar-refractivity contribution in [2.24, 2.45) is 0 Å². The topological polar surface area (TPSA) is 105 Å². The van der Waals surface area contributed by atoms with Crippen molar-refractivity contribution in [3.05, 3.63) is 89.5 Å². The summed E-state index contributed by atoms with van der Waals surface area (Å²) in [5.41, 5.74) is 2.87. The zero-order chi connectivity index (χ0) is 28.6. The van der Waals surface area contributed by atoms with E-state index in [0.29, 0.717) is 5.75 Å². The molecule has 3 aromatic carbocycles. The maximum atomic E-state index is 14.0. The van der Waals surface area contributed by atoms with Gasteiger partial charge in [0.25, 0.3) is 0 Å². The summed E-state index contributed by atoms with van der Waals surface area (Å²) in [5, 5.41) is 2.67. The Bertz CT molecular complexity index is 1400. The molecule has 0 aliphatic heterocycles. The number of amides is 2. The van der Waals surface area contributed by atoms with Crippen LogP contribution < -0.4 is 19.1 Å². The molecule has 208 valence electrons. The molecule has 0 bridgehead atoms. The Balaban J connectivity index is 2.06. The minimum Gasteiger partial charge on any atom is -0.497 e. The highest BCUT2D eigenvalue weighted by molar-refractivity contribution is 7.92. The number of likely N-dealkylation sites (N-methyl/N-ethyl adjacent to an activating group) is 1. The summed E-state index contributed by atoms with van der Waals surface area (Å²) in [6.07, 6.45) is 1.28. The molecule has 10 heteroatoms. The van der Waals surface area contributed by atoms with E-state index in [0.717, 1.165) is 27.3 Å². The van der Waals surface area contributed by atoms with Gasteiger partial charge in [-0.3, -0.25) is 13.9 Å². The maximum Gasteiger partial charge on any atom is 0.244 e. The number of aryl methyl sites for hydroxylation is 1. The van der Waals surface area contributed by atoms with Crippen LogP contribution in [0.1, 0.15) is 16.7 Å². The second-order valence-corrected chi connectivity index (χ2v) is 11.0. The van der Waals surface area contributed by atoms with Crippen LogP contribution in [0, 0.1) is 6.92 Å². The molecule has 0 spiro atoms. The van der Waals surface area contributed by atoms with Gasteiger partial charge in [0.1, 0.15) is 24.1 Å². The number of carbonyl (C=O) groups excluding carboxylic acids is 2. The average Bonchev–Trinajstić information content (AvgIpc) is 2.92. The second-order valence-electron chi connectivity index (χ2n) is 9.14. The van der Waals surface area contributed by atoms with Gasteiger partial charge in [-0.15, -0.1) is 0 Å². The summed E-state index contributed by atoms with van der Waals surface area (Å²) in [4.78, 5) is 28.6. The van der Waals surface area contributed by atoms with E-state index in [4.69, 9.17) is 9.47 Å². The van der Waals surface area contributed by atoms with E-state index < -0.39 is 28.5 Å². The first-order chi connectivity index (χ1) is 18.6. The number of rotatable bonds is 12. The van der Waals surface area contributed by atoms with Gasteiger partial charge in [0, 0.05) is 26.1 Å². The zero-order valence-electron chi connectivity index (χ0n) is 22.9. The lowest BCUT2D eigenvalue weighted by Crippen LogP contribution is -2.52. The Morgan fingerprint density at radius 1 is 0.923 bits per heavy atom. The molecular weight excluding hydrogens is 518 g/mol. The molecular formula is C29H35N3O6S. The lowest BCUT2D eigenvalue weighted by Gasteiger charge is -2.33. The minimum atomic E-state index is -3.92. The molecule has 0 aliphatic rings. The second kappa shape index (κ2) is 13.1. The van der Waals surface area contributed by atoms with Gasteiger partial charge in [0.2, 0.25) is 21.8 Å². The number of anilines is 1. The van der Waals surface area contributed by atoms with Gasteiger partial charge in [-0.2, -0.15) is 0 Å². The Morgan fingerprint density at radius 2 is 1.62 bits per heavy atom. The highest BCUT2D eigenvalue weighted by Crippen LogP contribution is 2.33. The van der Waals surface area contributed by atoms with Crippen molar-refractivity contribution in [2.75, 3.05) is 38.4 Å². The summed E-state index contributed by atoms with van der Waals surface area (Å²) in [6, 6.07) is 20.8. The number of methoxy groups -OCH3 is 2. The van der Waals surface area contributed by atoms with E-state index >= 15 is 0 Å². The lowest BCUT2D eigenvalue weighted by molar-refractivity contribution is -0.139. The van der Waals surface area contributed by atoms with Crippen LogP contribution in [0.2, 0.25) is 0 Å². The molecule has 1 atom stereocenters. The van der Waals surface area contributed by atoms with Crippen LogP contribution >= 0.6 is 0 Å². The Morgan fingerprint density at radius 3 is 2.21 bits per heavy atom. The molecule has 0 heterocycles. The number of ether oxygens (including phenoxy) is 2. The van der Waals surface area contributed by atoms with Crippen LogP contribution in [0.3, 0.4) is 0 Å². The van der Waals surface area contributed by atoms with Crippen LogP contribution in [0.4, 0.5) is 5.69 Å². The Hall–Kier alpha value is -4.05. The molecule has 1 N–H and O–H groups in total. The number of benzene rings is 3. The zero-order valence-corrected chi connectivity index (χ0v) is 23.7. The van der Waals surface area contributed by atoms with E-state index in [9.17, 15) is 18.0 Å². The molecule has 9 nitrogen and oxygen atoms in total. The minimum absolute atomic E-state index is 0.114. The summed E-state index contributed by atoms with van der Waals surface area (Å²) in [5.74, 6) is -0.193. The Kier molecular flexibility index (Phi) is 9.95. The van der Waals surface area contributed by atoms with Crippen LogP contribution in [-0.4, -0.2) is 65.2 Å². The van der Waals surface area contributed by atoms with Crippen molar-refractivity contribution >= 4 is 27.5 Å². The Labute approximate surface area is 230 Å². The van der Waals surface area contributed by atoms with Gasteiger partial charge in [-0.1, -0.05) is 60.2 Å². The predicted octanol–water partition coefficient (Wildman–Crippen LogP) is 3.16. The third kappa shape index (κ3) is 7.73. The quantitative estimate of drug-likeness (QED) is 0.370. The van der Waals surface area contributed by atoms with Gasteiger partial charge >= 0.3 is 0 Å². The smallest absolute Gasteiger partial charge is 0.244 e. The van der Waals surface area contributed by atoms with Crippen LogP contribution in [0.25, 0.3) is 0 Å². The average molecular weight is 554 g/mol. The molecule has 3 aromatic rings. The SMILES string of the molecule is CNC(=O)C(Cc1ccccc1)N(Cc1cccc(C)c1)C(=O)CN(c1ccc(OC)cc1OC)S(C)(=O)=O. The van der Waals surface area contributed by atoms with E-state index in [1.807, 2.05) is 61.5 Å². The number of hydrogen-bond donors (Lipinski definition) is 1. The van der Waals surface area contributed by atoms with Gasteiger partial charge in [-0.05, 0) is 30.2 Å². The number of carbonyl (C=O) groups is 2. The number of sulfonamides is 1. The fourth-order valence-electron chi connectivity index (χ4n) is 4.31. The molecule has 3 rings (SSSR count). The first kappa shape index (κ1) is 29.5. The van der Waals surface area contributed by atoms with Gasteiger partial charge in [-0.25, -0.2) is 8.42 Å². The highest BCUT2D eigenvalue weighted by atomic mass is 32.2. The number of nitrogens with zero attached hydrogens (tertiary/aromatic N) is 2. The summed E-state index contributed by atoms with van der Waals surface area (Å²) in [7, 11) is 0.486. The highest BCUT2D eigenvalue weighted by Gasteiger charge is 2.33. The molecule has 0 aliphatic carbocycles. The molecule has 39 heavy (non-hydrogen) atoms. The van der Waals surface area contributed by atoms with Crippen molar-refractivity contribution in [2.45, 2.75) is 25.9 Å². The third-order valence-electron chi connectivity index (χ3n) is 6.29. The molecule has 2 amide bonds. The van der Waals surface area contributed by atoms with Crippen molar-refractivity contribution in [3.8, 4) is 11.5 Å². The number of hydrogen-bond acceptors (Lipinski definition) is 6. The first-order valence-corrected chi connectivity index (χ1v) is 14.2. The van der Waals surface area contributed by atoms with Crippen molar-refractivity contribution in [1.82, 2.24) is 10.2 Å². The molecule has 0 saturated carbocycles. The van der Waals surface area contributed by atoms with Crippen LogP contribution in [0.15, 0.2) is 72.8 Å². The molecule has 0 fully saturated rings. The van der Waals surface area contributed by atoms with Gasteiger partial charge in [0.15, 0.2) is 0 Å². The molecule has 0 aromatic heterocycles. The molecule has 0 radical (unpaired) electrons. The van der Waals surface area contributed by atoms with Crippen molar-refractivity contribution in [3.63, 3.8) is 0 Å². The van der Waals surface area contributed by atoms with Crippen molar-refractivity contribution < 1.29 is 27.5 Å². The maximum absolute atomic E-state index is 14.0. The standard InChI is InChI=1S/C29H35N3O6S/c1-21-10-9-13-23(16-21)19-31(26(29(34)30-2)17-22-11-7-6-8-12-22)28(33)20-32(39(5,35)36)25-15-14-24(37-3)18-27(25)38-4/h6-16,18,26H,17,19-20H2,1-5H3,(H,30,34). The predicted molar refractivity (Wildman–Crippen MR) is 151 cm³/mol. The van der Waals surface area contributed by atoms with E-state index in [2.05, 4.69) is 5.32 Å². The molecule has 0 saturated heterocycles. The van der Waals surface area contributed by atoms with Crippen molar-refractivity contribution in [1.29, 1.82) is 0 Å². The van der Waals surface area contributed by atoms with Crippen LogP contribution in [-0.2, 0) is 32.6 Å². The fourth-order valence-corrected chi connectivity index (χ4v) is 5.17. The summed E-state index contributed by atoms with van der Waals surface area (Å²) < 4.78 is 37.6. The lowest BCUT2D eigenvalue weighted by atomic mass is 10.0. The van der Waals surface area contributed by atoms with E-state index in [-0.39, 0.29) is 30.3 Å². The largest absolute Gasteiger partial charge is 0.497 e. The van der Waals surface area contributed by atoms with E-state index in [1.54, 1.807) is 12.1 Å². The monoisotopic (exact) mass is 553 g/mol. The van der Waals surface area contributed by atoms with E-state index in [1.165, 1.54) is 32.2 Å².